The van der Waals surface area contributed by atoms with E-state index < -0.39 is 11.6 Å². The number of carbonyl (C=O) groups is 1. The van der Waals surface area contributed by atoms with E-state index in [2.05, 4.69) is 10.3 Å². The summed E-state index contributed by atoms with van der Waals surface area (Å²) in [5.41, 5.74) is 0.272. The summed E-state index contributed by atoms with van der Waals surface area (Å²) in [4.78, 5) is 16.1. The van der Waals surface area contributed by atoms with Crippen LogP contribution in [-0.2, 0) is 11.3 Å². The van der Waals surface area contributed by atoms with Crippen LogP contribution in [0.25, 0.3) is 0 Å². The van der Waals surface area contributed by atoms with Crippen molar-refractivity contribution in [1.82, 2.24) is 5.32 Å². The topological polar surface area (TPSA) is 41.5 Å². The summed E-state index contributed by atoms with van der Waals surface area (Å²) in [6.45, 7) is 3.61. The van der Waals surface area contributed by atoms with Gasteiger partial charge < -0.3 is 5.32 Å². The molecule has 0 atom stereocenters. The zero-order valence-corrected chi connectivity index (χ0v) is 11.5. The third kappa shape index (κ3) is 2.94. The van der Waals surface area contributed by atoms with E-state index in [9.17, 15) is 13.6 Å². The first-order valence-electron chi connectivity index (χ1n) is 5.82. The van der Waals surface area contributed by atoms with E-state index in [4.69, 9.17) is 0 Å². The van der Waals surface area contributed by atoms with Gasteiger partial charge in [-0.3, -0.25) is 9.79 Å². The normalized spacial score (nSPS) is 17.2. The summed E-state index contributed by atoms with van der Waals surface area (Å²) in [6.07, 6.45) is 0. The van der Waals surface area contributed by atoms with Crippen molar-refractivity contribution in [3.05, 3.63) is 35.4 Å². The number of amides is 1. The predicted molar refractivity (Wildman–Crippen MR) is 72.2 cm³/mol. The van der Waals surface area contributed by atoms with Crippen molar-refractivity contribution >= 4 is 23.4 Å². The van der Waals surface area contributed by atoms with Gasteiger partial charge in [0.05, 0.1) is 10.6 Å². The highest BCUT2D eigenvalue weighted by molar-refractivity contribution is 8.01. The molecule has 1 aliphatic heterocycles. The summed E-state index contributed by atoms with van der Waals surface area (Å²) < 4.78 is 26.4. The van der Waals surface area contributed by atoms with Gasteiger partial charge in [0, 0.05) is 12.1 Å². The van der Waals surface area contributed by atoms with Crippen LogP contribution in [0.2, 0.25) is 0 Å². The quantitative estimate of drug-likeness (QED) is 0.926. The second-order valence-corrected chi connectivity index (χ2v) is 6.24. The van der Waals surface area contributed by atoms with Crippen LogP contribution < -0.4 is 5.32 Å². The molecule has 0 radical (unpaired) electrons. The van der Waals surface area contributed by atoms with Gasteiger partial charge in [-0.05, 0) is 26.0 Å². The first-order valence-corrected chi connectivity index (χ1v) is 6.80. The van der Waals surface area contributed by atoms with Gasteiger partial charge in [-0.2, -0.15) is 0 Å². The van der Waals surface area contributed by atoms with E-state index in [-0.39, 0.29) is 22.8 Å². The van der Waals surface area contributed by atoms with Crippen LogP contribution in [0.4, 0.5) is 8.78 Å². The predicted octanol–water partition coefficient (Wildman–Crippen LogP) is 2.50. The van der Waals surface area contributed by atoms with Gasteiger partial charge in [-0.25, -0.2) is 8.78 Å². The molecule has 0 fully saturated rings. The lowest BCUT2D eigenvalue weighted by Gasteiger charge is -2.18. The molecule has 0 aromatic heterocycles. The molecule has 2 rings (SSSR count). The number of rotatable bonds is 3. The van der Waals surface area contributed by atoms with Crippen LogP contribution in [0, 0.1) is 11.6 Å². The summed E-state index contributed by atoms with van der Waals surface area (Å²) in [5.74, 6) is -1.17. The zero-order valence-electron chi connectivity index (χ0n) is 10.7. The molecule has 1 N–H and O–H groups in total. The molecule has 0 unspecified atom stereocenters. The molecule has 1 aromatic carbocycles. The second-order valence-electron chi connectivity index (χ2n) is 4.67. The SMILES string of the molecule is CC1(C)SCN=C1C(=O)NCc1c(F)cccc1F. The highest BCUT2D eigenvalue weighted by Crippen LogP contribution is 2.31. The lowest BCUT2D eigenvalue weighted by atomic mass is 10.1. The zero-order chi connectivity index (χ0) is 14.0. The Kier molecular flexibility index (Phi) is 3.89. The summed E-state index contributed by atoms with van der Waals surface area (Å²) in [5, 5.41) is 2.52. The minimum atomic E-state index is -0.665. The van der Waals surface area contributed by atoms with Crippen LogP contribution >= 0.6 is 11.8 Å². The monoisotopic (exact) mass is 284 g/mol. The fraction of sp³-hybridized carbons (Fsp3) is 0.385. The number of hydrogen-bond donors (Lipinski definition) is 1. The molecule has 0 aliphatic carbocycles. The van der Waals surface area contributed by atoms with Crippen molar-refractivity contribution in [2.24, 2.45) is 4.99 Å². The number of carbonyl (C=O) groups excluding carboxylic acids is 1. The fourth-order valence-electron chi connectivity index (χ4n) is 1.82. The van der Waals surface area contributed by atoms with E-state index in [1.807, 2.05) is 13.8 Å². The molecule has 0 saturated heterocycles. The average molecular weight is 284 g/mol. The van der Waals surface area contributed by atoms with E-state index in [1.165, 1.54) is 6.07 Å². The van der Waals surface area contributed by atoms with Gasteiger partial charge in [0.15, 0.2) is 0 Å². The Morgan fingerprint density at radius 1 is 1.42 bits per heavy atom. The standard InChI is InChI=1S/C13H14F2N2OS/c1-13(2)11(17-7-19-13)12(18)16-6-8-9(14)4-3-5-10(8)15/h3-5H,6-7H2,1-2H3,(H,16,18). The number of benzene rings is 1. The molecule has 1 amide bonds. The molecule has 19 heavy (non-hydrogen) atoms. The van der Waals surface area contributed by atoms with Crippen molar-refractivity contribution in [2.75, 3.05) is 5.88 Å². The van der Waals surface area contributed by atoms with E-state index in [0.717, 1.165) is 12.1 Å². The molecular weight excluding hydrogens is 270 g/mol. The maximum absolute atomic E-state index is 13.4. The number of halogens is 2. The number of aliphatic imine (C=N–C) groups is 1. The van der Waals surface area contributed by atoms with Gasteiger partial charge in [-0.15, -0.1) is 11.8 Å². The van der Waals surface area contributed by atoms with Crippen LogP contribution in [0.3, 0.4) is 0 Å². The Labute approximate surface area is 114 Å². The van der Waals surface area contributed by atoms with Crippen molar-refractivity contribution in [3.8, 4) is 0 Å². The van der Waals surface area contributed by atoms with Gasteiger partial charge >= 0.3 is 0 Å². The molecular formula is C13H14F2N2OS. The molecule has 6 heteroatoms. The van der Waals surface area contributed by atoms with E-state index in [1.54, 1.807) is 11.8 Å². The van der Waals surface area contributed by atoms with Crippen LogP contribution in [0.15, 0.2) is 23.2 Å². The summed E-state index contributed by atoms with van der Waals surface area (Å²) >= 11 is 1.55. The third-order valence-corrected chi connectivity index (χ3v) is 4.09. The van der Waals surface area contributed by atoms with Gasteiger partial charge in [0.25, 0.3) is 5.91 Å². The molecule has 1 aliphatic rings. The molecule has 1 aromatic rings. The minimum absolute atomic E-state index is 0.139. The number of thioether (sulfide) groups is 1. The first-order chi connectivity index (χ1) is 8.92. The molecule has 0 spiro atoms. The Morgan fingerprint density at radius 3 is 2.58 bits per heavy atom. The minimum Gasteiger partial charge on any atom is -0.347 e. The lowest BCUT2D eigenvalue weighted by Crippen LogP contribution is -2.40. The van der Waals surface area contributed by atoms with Crippen LogP contribution in [-0.4, -0.2) is 22.2 Å². The van der Waals surface area contributed by atoms with Crippen molar-refractivity contribution in [2.45, 2.75) is 25.1 Å². The second kappa shape index (κ2) is 5.28. The van der Waals surface area contributed by atoms with Crippen LogP contribution in [0.5, 0.6) is 0 Å². The Hall–Kier alpha value is -1.43. The molecule has 0 bridgehead atoms. The number of nitrogens with one attached hydrogen (secondary N) is 1. The smallest absolute Gasteiger partial charge is 0.266 e. The Bertz CT molecular complexity index is 523. The first kappa shape index (κ1) is 14.0. The lowest BCUT2D eigenvalue weighted by molar-refractivity contribution is -0.115. The molecule has 1 heterocycles. The van der Waals surface area contributed by atoms with Gasteiger partial charge in [0.1, 0.15) is 17.3 Å². The van der Waals surface area contributed by atoms with Crippen LogP contribution in [0.1, 0.15) is 19.4 Å². The van der Waals surface area contributed by atoms with E-state index in [0.29, 0.717) is 11.6 Å². The summed E-state index contributed by atoms with van der Waals surface area (Å²) in [7, 11) is 0. The highest BCUT2D eigenvalue weighted by atomic mass is 32.2. The Balaban J connectivity index is 2.06. The average Bonchev–Trinajstić information content (AvgIpc) is 2.68. The van der Waals surface area contributed by atoms with Gasteiger partial charge in [-0.1, -0.05) is 6.07 Å². The van der Waals surface area contributed by atoms with Crippen molar-refractivity contribution < 1.29 is 13.6 Å². The number of hydrogen-bond acceptors (Lipinski definition) is 3. The highest BCUT2D eigenvalue weighted by Gasteiger charge is 2.34. The maximum atomic E-state index is 13.4. The summed E-state index contributed by atoms with van der Waals surface area (Å²) in [6, 6.07) is 3.62. The number of nitrogens with zero attached hydrogens (tertiary/aromatic N) is 1. The van der Waals surface area contributed by atoms with E-state index >= 15 is 0 Å². The largest absolute Gasteiger partial charge is 0.347 e. The van der Waals surface area contributed by atoms with Crippen molar-refractivity contribution in [1.29, 1.82) is 0 Å². The molecule has 0 saturated carbocycles. The maximum Gasteiger partial charge on any atom is 0.266 e. The fourth-order valence-corrected chi connectivity index (χ4v) is 2.63. The third-order valence-electron chi connectivity index (χ3n) is 2.92. The van der Waals surface area contributed by atoms with Gasteiger partial charge in [0.2, 0.25) is 0 Å². The van der Waals surface area contributed by atoms with Crippen molar-refractivity contribution in [3.63, 3.8) is 0 Å². The molecule has 102 valence electrons. The molecule has 3 nitrogen and oxygen atoms in total. The Morgan fingerprint density at radius 2 is 2.05 bits per heavy atom.